The van der Waals surface area contributed by atoms with Gasteiger partial charge in [0.15, 0.2) is 11.2 Å². The number of allylic oxidation sites excluding steroid dienone is 2. The molecule has 0 saturated carbocycles. The summed E-state index contributed by atoms with van der Waals surface area (Å²) in [6, 6.07) is 0. The summed E-state index contributed by atoms with van der Waals surface area (Å²) in [5.41, 5.74) is -2.49. The van der Waals surface area contributed by atoms with E-state index in [9.17, 15) is 14.7 Å². The molecule has 2 unspecified atom stereocenters. The minimum Gasteiger partial charge on any atom is -0.481 e. The molecular weight excluding hydrogens is 352 g/mol. The lowest BCUT2D eigenvalue weighted by Gasteiger charge is -2.26. The van der Waals surface area contributed by atoms with Gasteiger partial charge in [0, 0.05) is 0 Å². The van der Waals surface area contributed by atoms with Crippen LogP contribution < -0.4 is 0 Å². The highest BCUT2D eigenvalue weighted by Crippen LogP contribution is 2.27. The van der Waals surface area contributed by atoms with Crippen molar-refractivity contribution >= 4 is 11.9 Å². The molecule has 1 N–H and O–H groups in total. The van der Waals surface area contributed by atoms with E-state index in [1.165, 1.54) is 0 Å². The zero-order valence-corrected chi connectivity index (χ0v) is 17.1. The van der Waals surface area contributed by atoms with Crippen LogP contribution in [0.1, 0.15) is 61.3 Å². The lowest BCUT2D eigenvalue weighted by Crippen LogP contribution is -2.35. The zero-order valence-electron chi connectivity index (χ0n) is 17.1. The first kappa shape index (κ1) is 23.2. The van der Waals surface area contributed by atoms with Gasteiger partial charge < -0.3 is 5.11 Å². The van der Waals surface area contributed by atoms with Crippen molar-refractivity contribution < 1.29 is 34.2 Å². The Morgan fingerprint density at radius 3 is 1.81 bits per heavy atom. The molecule has 7 nitrogen and oxygen atoms in total. The van der Waals surface area contributed by atoms with E-state index in [1.54, 1.807) is 39.8 Å². The lowest BCUT2D eigenvalue weighted by atomic mass is 9.83. The van der Waals surface area contributed by atoms with Crippen molar-refractivity contribution in [3.8, 4) is 11.8 Å². The first-order chi connectivity index (χ1) is 12.2. The minimum atomic E-state index is -1.11. The molecule has 27 heavy (non-hydrogen) atoms. The summed E-state index contributed by atoms with van der Waals surface area (Å²) < 4.78 is 0. The van der Waals surface area contributed by atoms with Crippen LogP contribution in [0.2, 0.25) is 0 Å². The number of aliphatic carboxylic acids is 1. The van der Waals surface area contributed by atoms with Crippen LogP contribution in [-0.2, 0) is 29.1 Å². The van der Waals surface area contributed by atoms with Gasteiger partial charge in [-0.1, -0.05) is 24.0 Å². The topological polar surface area (TPSA) is 91.3 Å². The van der Waals surface area contributed by atoms with Crippen molar-refractivity contribution in [3.63, 3.8) is 0 Å². The predicted octanol–water partition coefficient (Wildman–Crippen LogP) is 3.44. The summed E-state index contributed by atoms with van der Waals surface area (Å²) in [6.07, 6.45) is 4.11. The molecule has 152 valence electrons. The van der Waals surface area contributed by atoms with Gasteiger partial charge in [-0.2, -0.15) is 4.89 Å². The Balaban J connectivity index is 2.66. The van der Waals surface area contributed by atoms with Crippen LogP contribution in [0.3, 0.4) is 0 Å². The second-order valence-electron chi connectivity index (χ2n) is 8.53. The first-order valence-electron chi connectivity index (χ1n) is 8.91. The molecule has 0 bridgehead atoms. The van der Waals surface area contributed by atoms with Crippen LogP contribution >= 0.6 is 0 Å². The van der Waals surface area contributed by atoms with Gasteiger partial charge in [-0.15, -0.1) is 0 Å². The average Bonchev–Trinajstić information content (AvgIpc) is 2.56. The molecule has 0 aromatic rings. The van der Waals surface area contributed by atoms with E-state index in [-0.39, 0.29) is 6.42 Å². The number of hydrogen-bond donors (Lipinski definition) is 1. The van der Waals surface area contributed by atoms with E-state index >= 15 is 0 Å². The molecular formula is C20H30O7. The molecule has 0 aliphatic heterocycles. The number of carboxylic acids is 1. The Morgan fingerprint density at radius 2 is 1.33 bits per heavy atom. The SMILES string of the molecule is CC(C)(C)OOC(C)(C)C#CC(C)(C)OOC(=O)C1CC=CCC1C(=O)O. The summed E-state index contributed by atoms with van der Waals surface area (Å²) in [6.45, 7) is 12.3. The molecule has 0 fully saturated rings. The average molecular weight is 382 g/mol. The fourth-order valence-electron chi connectivity index (χ4n) is 2.13. The predicted molar refractivity (Wildman–Crippen MR) is 98.0 cm³/mol. The molecule has 0 aromatic heterocycles. The molecule has 0 spiro atoms. The molecule has 0 heterocycles. The van der Waals surface area contributed by atoms with Gasteiger partial charge in [0.1, 0.15) is 0 Å². The van der Waals surface area contributed by atoms with Gasteiger partial charge in [0.2, 0.25) is 0 Å². The summed E-state index contributed by atoms with van der Waals surface area (Å²) in [5.74, 6) is 2.38. The van der Waals surface area contributed by atoms with E-state index < -0.39 is 40.6 Å². The van der Waals surface area contributed by atoms with Crippen molar-refractivity contribution in [2.75, 3.05) is 0 Å². The molecule has 1 aliphatic carbocycles. The Morgan fingerprint density at radius 1 is 0.852 bits per heavy atom. The van der Waals surface area contributed by atoms with E-state index in [0.717, 1.165) is 0 Å². The molecule has 0 amide bonds. The Bertz CT molecular complexity index is 629. The first-order valence-corrected chi connectivity index (χ1v) is 8.91. The van der Waals surface area contributed by atoms with Gasteiger partial charge in [-0.3, -0.25) is 9.68 Å². The fourth-order valence-corrected chi connectivity index (χ4v) is 2.13. The maximum absolute atomic E-state index is 12.2. The van der Waals surface area contributed by atoms with Crippen molar-refractivity contribution in [1.82, 2.24) is 0 Å². The number of hydrogen-bond acceptors (Lipinski definition) is 6. The normalized spacial score (nSPS) is 20.6. The van der Waals surface area contributed by atoms with Crippen LogP contribution in [0.15, 0.2) is 12.2 Å². The van der Waals surface area contributed by atoms with Crippen LogP contribution in [0.25, 0.3) is 0 Å². The third-order valence-electron chi connectivity index (χ3n) is 3.55. The zero-order chi connectivity index (χ0) is 20.9. The molecule has 2 atom stereocenters. The third-order valence-corrected chi connectivity index (χ3v) is 3.55. The van der Waals surface area contributed by atoms with Gasteiger partial charge in [-0.05, 0) is 61.3 Å². The second kappa shape index (κ2) is 8.87. The van der Waals surface area contributed by atoms with Gasteiger partial charge in [0.25, 0.3) is 0 Å². The van der Waals surface area contributed by atoms with Crippen molar-refractivity contribution in [3.05, 3.63) is 12.2 Å². The fraction of sp³-hybridized carbons (Fsp3) is 0.700. The minimum absolute atomic E-state index is 0.289. The smallest absolute Gasteiger partial charge is 0.346 e. The molecule has 1 rings (SSSR count). The maximum Gasteiger partial charge on any atom is 0.346 e. The summed E-state index contributed by atoms with van der Waals surface area (Å²) in [5, 5.41) is 9.24. The second-order valence-corrected chi connectivity index (χ2v) is 8.53. The monoisotopic (exact) mass is 382 g/mol. The van der Waals surface area contributed by atoms with Gasteiger partial charge >= 0.3 is 11.9 Å². The van der Waals surface area contributed by atoms with Crippen LogP contribution in [0.5, 0.6) is 0 Å². The Labute approximate surface area is 160 Å². The number of carbonyl (C=O) groups is 2. The number of carboxylic acid groups (broad SMARTS) is 1. The van der Waals surface area contributed by atoms with Crippen molar-refractivity contribution in [2.24, 2.45) is 11.8 Å². The van der Waals surface area contributed by atoms with Crippen LogP contribution in [0.4, 0.5) is 0 Å². The maximum atomic E-state index is 12.2. The van der Waals surface area contributed by atoms with Gasteiger partial charge in [-0.25, -0.2) is 14.6 Å². The highest BCUT2D eigenvalue weighted by atomic mass is 17.2. The summed E-state index contributed by atoms with van der Waals surface area (Å²) >= 11 is 0. The van der Waals surface area contributed by atoms with Crippen LogP contribution in [-0.4, -0.2) is 33.8 Å². The number of carbonyl (C=O) groups excluding carboxylic acids is 1. The van der Waals surface area contributed by atoms with Crippen molar-refractivity contribution in [1.29, 1.82) is 0 Å². The lowest BCUT2D eigenvalue weighted by molar-refractivity contribution is -0.384. The van der Waals surface area contributed by atoms with E-state index in [2.05, 4.69) is 11.8 Å². The molecule has 0 saturated heterocycles. The van der Waals surface area contributed by atoms with E-state index in [0.29, 0.717) is 6.42 Å². The third kappa shape index (κ3) is 8.57. The highest BCUT2D eigenvalue weighted by Gasteiger charge is 2.36. The van der Waals surface area contributed by atoms with Crippen LogP contribution in [0, 0.1) is 23.7 Å². The largest absolute Gasteiger partial charge is 0.481 e. The van der Waals surface area contributed by atoms with Crippen molar-refractivity contribution in [2.45, 2.75) is 78.1 Å². The summed E-state index contributed by atoms with van der Waals surface area (Å²) in [7, 11) is 0. The Hall–Kier alpha value is -1.88. The molecule has 0 radical (unpaired) electrons. The van der Waals surface area contributed by atoms with E-state index in [4.69, 9.17) is 19.6 Å². The van der Waals surface area contributed by atoms with Gasteiger partial charge in [0.05, 0.1) is 17.4 Å². The highest BCUT2D eigenvalue weighted by molar-refractivity contribution is 5.81. The quantitative estimate of drug-likeness (QED) is 0.326. The Kier molecular flexibility index (Phi) is 7.61. The molecule has 0 aromatic carbocycles. The standard InChI is InChI=1S/C20H30O7/c1-18(2,3)25-27-20(6,7)13-12-19(4,5)26-24-17(23)15-11-9-8-10-14(15)16(21)22/h8-9,14-15H,10-11H2,1-7H3,(H,21,22). The summed E-state index contributed by atoms with van der Waals surface area (Å²) in [4.78, 5) is 44.2. The molecule has 1 aliphatic rings. The van der Waals surface area contributed by atoms with E-state index in [1.807, 2.05) is 20.8 Å². The number of rotatable bonds is 6. The molecule has 7 heteroatoms.